The van der Waals surface area contributed by atoms with E-state index in [9.17, 15) is 0 Å². The van der Waals surface area contributed by atoms with Crippen molar-refractivity contribution in [2.45, 2.75) is 6.92 Å². The first-order valence-corrected chi connectivity index (χ1v) is 4.72. The van der Waals surface area contributed by atoms with Crippen molar-refractivity contribution in [1.29, 1.82) is 0 Å². The Morgan fingerprint density at radius 3 is 3.07 bits per heavy atom. The largest absolute Gasteiger partial charge is 0.492 e. The van der Waals surface area contributed by atoms with Crippen molar-refractivity contribution < 1.29 is 4.74 Å². The van der Waals surface area contributed by atoms with Crippen LogP contribution in [0.1, 0.15) is 6.92 Å². The molecule has 0 aliphatic carbocycles. The number of fused-ring (bicyclic) bond motifs is 1. The topological polar surface area (TPSA) is 35.0 Å². The van der Waals surface area contributed by atoms with Gasteiger partial charge >= 0.3 is 0 Å². The van der Waals surface area contributed by atoms with Crippen LogP contribution >= 0.6 is 11.6 Å². The zero-order valence-electron chi connectivity index (χ0n) is 7.70. The fraction of sp³-hybridized carbons (Fsp3) is 0.200. The number of hydrogen-bond acceptors (Lipinski definition) is 3. The summed E-state index contributed by atoms with van der Waals surface area (Å²) in [5, 5.41) is 0.609. The zero-order valence-corrected chi connectivity index (χ0v) is 8.45. The number of hydrogen-bond donors (Lipinski definition) is 0. The van der Waals surface area contributed by atoms with E-state index in [1.165, 1.54) is 0 Å². The van der Waals surface area contributed by atoms with Gasteiger partial charge < -0.3 is 4.74 Å². The Labute approximate surface area is 86.7 Å². The van der Waals surface area contributed by atoms with E-state index < -0.39 is 0 Å². The van der Waals surface area contributed by atoms with E-state index in [1.807, 2.05) is 13.0 Å². The van der Waals surface area contributed by atoms with Crippen molar-refractivity contribution >= 4 is 22.6 Å². The average Bonchev–Trinajstić information content (AvgIpc) is 2.18. The van der Waals surface area contributed by atoms with Crippen molar-refractivity contribution in [2.24, 2.45) is 0 Å². The van der Waals surface area contributed by atoms with E-state index in [2.05, 4.69) is 9.97 Å². The number of pyridine rings is 2. The maximum atomic E-state index is 5.94. The van der Waals surface area contributed by atoms with Gasteiger partial charge in [-0.15, -0.1) is 0 Å². The van der Waals surface area contributed by atoms with Gasteiger partial charge in [-0.05, 0) is 13.0 Å². The molecule has 72 valence electrons. The Kier molecular flexibility index (Phi) is 2.50. The van der Waals surface area contributed by atoms with Gasteiger partial charge in [0.2, 0.25) is 0 Å². The molecule has 0 aromatic carbocycles. The maximum Gasteiger partial charge on any atom is 0.139 e. The standard InChI is InChI=1S/C10H9ClN2O/c1-2-14-7-5-9-10(13-6-7)8(11)3-4-12-9/h3-6H,2H2,1H3. The van der Waals surface area contributed by atoms with Crippen LogP contribution < -0.4 is 4.74 Å². The molecule has 14 heavy (non-hydrogen) atoms. The first-order valence-electron chi connectivity index (χ1n) is 4.34. The van der Waals surface area contributed by atoms with Crippen LogP contribution in [-0.2, 0) is 0 Å². The minimum atomic E-state index is 0.609. The number of aromatic nitrogens is 2. The molecule has 0 saturated heterocycles. The molecule has 0 unspecified atom stereocenters. The third-order valence-corrected chi connectivity index (χ3v) is 2.12. The first-order chi connectivity index (χ1) is 6.81. The highest BCUT2D eigenvalue weighted by Crippen LogP contribution is 2.22. The summed E-state index contributed by atoms with van der Waals surface area (Å²) in [5.74, 6) is 0.717. The van der Waals surface area contributed by atoms with Crippen LogP contribution in [0.15, 0.2) is 24.5 Å². The predicted molar refractivity (Wildman–Crippen MR) is 55.7 cm³/mol. The highest BCUT2D eigenvalue weighted by atomic mass is 35.5. The summed E-state index contributed by atoms with van der Waals surface area (Å²) in [7, 11) is 0. The second-order valence-corrected chi connectivity index (χ2v) is 3.17. The summed E-state index contributed by atoms with van der Waals surface area (Å²) in [5.41, 5.74) is 1.46. The van der Waals surface area contributed by atoms with Crippen molar-refractivity contribution in [2.75, 3.05) is 6.61 Å². The molecule has 0 amide bonds. The summed E-state index contributed by atoms with van der Waals surface area (Å²) in [4.78, 5) is 8.34. The summed E-state index contributed by atoms with van der Waals surface area (Å²) < 4.78 is 5.31. The van der Waals surface area contributed by atoms with Gasteiger partial charge in [-0.1, -0.05) is 11.6 Å². The second-order valence-electron chi connectivity index (χ2n) is 2.76. The van der Waals surface area contributed by atoms with Gasteiger partial charge in [0.25, 0.3) is 0 Å². The van der Waals surface area contributed by atoms with E-state index >= 15 is 0 Å². The number of halogens is 1. The lowest BCUT2D eigenvalue weighted by Gasteiger charge is -2.03. The summed E-state index contributed by atoms with van der Waals surface area (Å²) in [6.07, 6.45) is 3.31. The third kappa shape index (κ3) is 1.63. The Morgan fingerprint density at radius 2 is 2.29 bits per heavy atom. The predicted octanol–water partition coefficient (Wildman–Crippen LogP) is 2.68. The smallest absolute Gasteiger partial charge is 0.139 e. The van der Waals surface area contributed by atoms with E-state index in [0.717, 1.165) is 11.3 Å². The van der Waals surface area contributed by atoms with Crippen LogP contribution in [0.25, 0.3) is 11.0 Å². The average molecular weight is 209 g/mol. The lowest BCUT2D eigenvalue weighted by molar-refractivity contribution is 0.339. The Hall–Kier alpha value is -1.35. The molecule has 4 heteroatoms. The summed E-state index contributed by atoms with van der Waals surface area (Å²) in [6.45, 7) is 2.54. The molecular formula is C10H9ClN2O. The number of nitrogens with zero attached hydrogens (tertiary/aromatic N) is 2. The normalized spacial score (nSPS) is 10.4. The van der Waals surface area contributed by atoms with Gasteiger partial charge in [-0.3, -0.25) is 4.98 Å². The molecule has 0 aliphatic rings. The van der Waals surface area contributed by atoms with E-state index in [0.29, 0.717) is 17.1 Å². The highest BCUT2D eigenvalue weighted by Gasteiger charge is 2.02. The number of ether oxygens (including phenoxy) is 1. The van der Waals surface area contributed by atoms with Crippen LogP contribution in [0.5, 0.6) is 5.75 Å². The van der Waals surface area contributed by atoms with E-state index in [4.69, 9.17) is 16.3 Å². The third-order valence-electron chi connectivity index (χ3n) is 1.81. The molecule has 0 N–H and O–H groups in total. The van der Waals surface area contributed by atoms with Crippen molar-refractivity contribution in [3.8, 4) is 5.75 Å². The molecule has 0 bridgehead atoms. The second kappa shape index (κ2) is 3.80. The van der Waals surface area contributed by atoms with Crippen LogP contribution in [0, 0.1) is 0 Å². The zero-order chi connectivity index (χ0) is 9.97. The van der Waals surface area contributed by atoms with E-state index in [1.54, 1.807) is 18.5 Å². The van der Waals surface area contributed by atoms with Gasteiger partial charge in [0.05, 0.1) is 23.3 Å². The Balaban J connectivity index is 2.56. The Bertz CT molecular complexity index is 459. The molecule has 0 atom stereocenters. The Morgan fingerprint density at radius 1 is 1.43 bits per heavy atom. The van der Waals surface area contributed by atoms with Crippen molar-refractivity contribution in [1.82, 2.24) is 9.97 Å². The van der Waals surface area contributed by atoms with Gasteiger partial charge in [-0.25, -0.2) is 4.98 Å². The monoisotopic (exact) mass is 208 g/mol. The SMILES string of the molecule is CCOc1cnc2c(Cl)ccnc2c1. The van der Waals surface area contributed by atoms with Gasteiger partial charge in [0.15, 0.2) is 0 Å². The molecule has 2 heterocycles. The molecular weight excluding hydrogens is 200 g/mol. The quantitative estimate of drug-likeness (QED) is 0.761. The van der Waals surface area contributed by atoms with E-state index in [-0.39, 0.29) is 0 Å². The lowest BCUT2D eigenvalue weighted by atomic mass is 10.3. The van der Waals surface area contributed by atoms with Crippen molar-refractivity contribution in [3.05, 3.63) is 29.5 Å². The molecule has 0 radical (unpaired) electrons. The molecule has 0 spiro atoms. The molecule has 0 aliphatic heterocycles. The molecule has 2 rings (SSSR count). The fourth-order valence-electron chi connectivity index (χ4n) is 1.22. The molecule has 3 nitrogen and oxygen atoms in total. The van der Waals surface area contributed by atoms with Crippen molar-refractivity contribution in [3.63, 3.8) is 0 Å². The highest BCUT2D eigenvalue weighted by molar-refractivity contribution is 6.34. The molecule has 2 aromatic heterocycles. The first kappa shape index (κ1) is 9.21. The summed E-state index contributed by atoms with van der Waals surface area (Å²) >= 11 is 5.94. The summed E-state index contributed by atoms with van der Waals surface area (Å²) in [6, 6.07) is 3.55. The van der Waals surface area contributed by atoms with Crippen LogP contribution in [0.2, 0.25) is 5.02 Å². The van der Waals surface area contributed by atoms with Gasteiger partial charge in [0, 0.05) is 12.3 Å². The fourth-order valence-corrected chi connectivity index (χ4v) is 1.43. The molecule has 0 fully saturated rings. The number of rotatable bonds is 2. The van der Waals surface area contributed by atoms with Crippen LogP contribution in [0.4, 0.5) is 0 Å². The maximum absolute atomic E-state index is 5.94. The lowest BCUT2D eigenvalue weighted by Crippen LogP contribution is -1.93. The molecule has 2 aromatic rings. The minimum absolute atomic E-state index is 0.609. The van der Waals surface area contributed by atoms with Gasteiger partial charge in [0.1, 0.15) is 11.3 Å². The molecule has 0 saturated carbocycles. The van der Waals surface area contributed by atoms with Crippen LogP contribution in [0.3, 0.4) is 0 Å². The minimum Gasteiger partial charge on any atom is -0.492 e. The van der Waals surface area contributed by atoms with Crippen LogP contribution in [-0.4, -0.2) is 16.6 Å². The van der Waals surface area contributed by atoms with Gasteiger partial charge in [-0.2, -0.15) is 0 Å².